The van der Waals surface area contributed by atoms with Gasteiger partial charge in [0.15, 0.2) is 0 Å². The van der Waals surface area contributed by atoms with Gasteiger partial charge in [-0.05, 0) is 51.4 Å². The van der Waals surface area contributed by atoms with Crippen molar-refractivity contribution < 1.29 is 24.5 Å². The van der Waals surface area contributed by atoms with Gasteiger partial charge in [0, 0.05) is 12.8 Å². The first kappa shape index (κ1) is 62.6. The lowest BCUT2D eigenvalue weighted by Gasteiger charge is -2.22. The number of carbonyl (C=O) groups is 2. The van der Waals surface area contributed by atoms with E-state index in [4.69, 9.17) is 4.74 Å². The summed E-state index contributed by atoms with van der Waals surface area (Å²) in [5.74, 6) is -0.0823. The van der Waals surface area contributed by atoms with Gasteiger partial charge in [0.25, 0.3) is 0 Å². The summed E-state index contributed by atoms with van der Waals surface area (Å²) in [5, 5.41) is 23.3. The Morgan fingerprint density at radius 2 is 0.734 bits per heavy atom. The maximum Gasteiger partial charge on any atom is 0.305 e. The first-order valence-corrected chi connectivity index (χ1v) is 28.9. The number of aliphatic hydroxyl groups excluding tert-OH is 2. The molecule has 0 fully saturated rings. The number of nitrogens with one attached hydrogen (secondary N) is 1. The maximum atomic E-state index is 12.5. The van der Waals surface area contributed by atoms with E-state index in [2.05, 4.69) is 31.3 Å². The van der Waals surface area contributed by atoms with Crippen LogP contribution in [0.2, 0.25) is 0 Å². The average molecular weight is 905 g/mol. The lowest BCUT2D eigenvalue weighted by Crippen LogP contribution is -2.45. The SMILES string of the molecule is CCCCC/C=C\CCCCCCCC(=O)OCCCCCCCCCCCCC(=O)NC(CO)C(O)CCCCCCCCCCCCCCCCCCCCCCCCCCC. The second-order valence-corrected chi connectivity index (χ2v) is 20.0. The number of allylic oxidation sites excluding steroid dienone is 2. The monoisotopic (exact) mass is 904 g/mol. The molecule has 0 heterocycles. The molecule has 0 saturated heterocycles. The summed E-state index contributed by atoms with van der Waals surface area (Å²) < 4.78 is 5.44. The van der Waals surface area contributed by atoms with Crippen LogP contribution >= 0.6 is 0 Å². The molecule has 0 aliphatic carbocycles. The zero-order chi connectivity index (χ0) is 46.5. The van der Waals surface area contributed by atoms with Crippen molar-refractivity contribution >= 4 is 11.9 Å². The summed E-state index contributed by atoms with van der Waals surface area (Å²) in [6.45, 7) is 4.90. The highest BCUT2D eigenvalue weighted by atomic mass is 16.5. The highest BCUT2D eigenvalue weighted by Crippen LogP contribution is 2.18. The number of rotatable bonds is 54. The lowest BCUT2D eigenvalue weighted by molar-refractivity contribution is -0.143. The van der Waals surface area contributed by atoms with Crippen molar-refractivity contribution in [3.63, 3.8) is 0 Å². The molecule has 0 aromatic carbocycles. The molecule has 0 aliphatic heterocycles. The Hall–Kier alpha value is -1.40. The smallest absolute Gasteiger partial charge is 0.305 e. The summed E-state index contributed by atoms with van der Waals surface area (Å²) in [4.78, 5) is 24.5. The molecule has 64 heavy (non-hydrogen) atoms. The van der Waals surface area contributed by atoms with Gasteiger partial charge in [-0.15, -0.1) is 0 Å². The third-order valence-electron chi connectivity index (χ3n) is 13.6. The number of esters is 1. The van der Waals surface area contributed by atoms with Gasteiger partial charge < -0.3 is 20.3 Å². The van der Waals surface area contributed by atoms with E-state index in [9.17, 15) is 19.8 Å². The summed E-state index contributed by atoms with van der Waals surface area (Å²) in [5.41, 5.74) is 0. The molecule has 0 aliphatic rings. The van der Waals surface area contributed by atoms with Crippen LogP contribution in [-0.4, -0.2) is 47.4 Å². The van der Waals surface area contributed by atoms with E-state index in [-0.39, 0.29) is 18.5 Å². The van der Waals surface area contributed by atoms with Crippen LogP contribution in [0.25, 0.3) is 0 Å². The third kappa shape index (κ3) is 50.0. The molecule has 6 heteroatoms. The summed E-state index contributed by atoms with van der Waals surface area (Å²) in [6, 6.07) is -0.559. The van der Waals surface area contributed by atoms with Crippen molar-refractivity contribution in [3.05, 3.63) is 12.2 Å². The standard InChI is InChI=1S/C58H113NO5/c1-3-5-7-9-11-13-15-17-18-19-20-21-22-23-24-25-26-27-28-29-30-34-38-42-46-50-56(61)55(54-60)59-57(62)51-47-43-39-35-32-33-37-41-45-49-53-64-58(63)52-48-44-40-36-31-16-14-12-10-8-6-4-2/h12,14,55-56,60-61H,3-11,13,15-54H2,1-2H3,(H,59,62)/b14-12-. The fourth-order valence-corrected chi connectivity index (χ4v) is 9.11. The second-order valence-electron chi connectivity index (χ2n) is 20.0. The van der Waals surface area contributed by atoms with Crippen molar-refractivity contribution in [2.24, 2.45) is 0 Å². The molecular weight excluding hydrogens is 791 g/mol. The largest absolute Gasteiger partial charge is 0.466 e. The van der Waals surface area contributed by atoms with E-state index in [1.54, 1.807) is 0 Å². The van der Waals surface area contributed by atoms with E-state index in [1.165, 1.54) is 231 Å². The molecular formula is C58H113NO5. The quantitative estimate of drug-likeness (QED) is 0.0321. The van der Waals surface area contributed by atoms with Crippen molar-refractivity contribution in [2.45, 2.75) is 334 Å². The number of carbonyl (C=O) groups excluding carboxylic acids is 2. The zero-order valence-corrected chi connectivity index (χ0v) is 43.3. The molecule has 0 saturated carbocycles. The molecule has 0 spiro atoms. The summed E-state index contributed by atoms with van der Waals surface area (Å²) in [6.07, 6.45) is 63.5. The van der Waals surface area contributed by atoms with Gasteiger partial charge in [-0.3, -0.25) is 9.59 Å². The fourth-order valence-electron chi connectivity index (χ4n) is 9.11. The molecule has 1 amide bonds. The molecule has 2 unspecified atom stereocenters. The van der Waals surface area contributed by atoms with Crippen LogP contribution in [0.4, 0.5) is 0 Å². The number of hydrogen-bond donors (Lipinski definition) is 3. The van der Waals surface area contributed by atoms with Crippen molar-refractivity contribution in [1.29, 1.82) is 0 Å². The Morgan fingerprint density at radius 1 is 0.422 bits per heavy atom. The van der Waals surface area contributed by atoms with Crippen LogP contribution in [0.15, 0.2) is 12.2 Å². The van der Waals surface area contributed by atoms with E-state index in [0.717, 1.165) is 57.8 Å². The predicted molar refractivity (Wildman–Crippen MR) is 278 cm³/mol. The minimum absolute atomic E-state index is 0.0276. The molecule has 0 aromatic rings. The molecule has 6 nitrogen and oxygen atoms in total. The zero-order valence-electron chi connectivity index (χ0n) is 43.3. The van der Waals surface area contributed by atoms with E-state index in [1.807, 2.05) is 0 Å². The number of ether oxygens (including phenoxy) is 1. The van der Waals surface area contributed by atoms with Gasteiger partial charge in [0.2, 0.25) is 5.91 Å². The molecule has 0 bridgehead atoms. The van der Waals surface area contributed by atoms with Crippen molar-refractivity contribution in [2.75, 3.05) is 13.2 Å². The van der Waals surface area contributed by atoms with Crippen LogP contribution in [0.3, 0.4) is 0 Å². The average Bonchev–Trinajstić information content (AvgIpc) is 3.29. The van der Waals surface area contributed by atoms with E-state index < -0.39 is 12.1 Å². The summed E-state index contributed by atoms with van der Waals surface area (Å²) >= 11 is 0. The van der Waals surface area contributed by atoms with Crippen LogP contribution < -0.4 is 5.32 Å². The summed E-state index contributed by atoms with van der Waals surface area (Å²) in [7, 11) is 0. The second kappa shape index (κ2) is 54.2. The van der Waals surface area contributed by atoms with Gasteiger partial charge in [-0.2, -0.15) is 0 Å². The van der Waals surface area contributed by atoms with Crippen LogP contribution in [0, 0.1) is 0 Å². The highest BCUT2D eigenvalue weighted by Gasteiger charge is 2.20. The molecule has 2 atom stereocenters. The third-order valence-corrected chi connectivity index (χ3v) is 13.6. The number of hydrogen-bond acceptors (Lipinski definition) is 5. The van der Waals surface area contributed by atoms with Gasteiger partial charge in [-0.1, -0.05) is 270 Å². The number of amides is 1. The Kier molecular flexibility index (Phi) is 53.0. The highest BCUT2D eigenvalue weighted by molar-refractivity contribution is 5.76. The van der Waals surface area contributed by atoms with Gasteiger partial charge in [0.05, 0.1) is 25.4 Å². The molecule has 0 radical (unpaired) electrons. The Labute approximate surface area is 399 Å². The normalized spacial score (nSPS) is 12.6. The first-order valence-electron chi connectivity index (χ1n) is 28.9. The Balaban J connectivity index is 3.46. The molecule has 0 aromatic heterocycles. The lowest BCUT2D eigenvalue weighted by atomic mass is 10.0. The molecule has 0 rings (SSSR count). The Morgan fingerprint density at radius 3 is 1.14 bits per heavy atom. The molecule has 380 valence electrons. The minimum atomic E-state index is -0.680. The number of unbranched alkanes of at least 4 members (excludes halogenated alkanes) is 41. The van der Waals surface area contributed by atoms with Gasteiger partial charge in [-0.25, -0.2) is 0 Å². The maximum absolute atomic E-state index is 12.5. The van der Waals surface area contributed by atoms with Crippen LogP contribution in [-0.2, 0) is 14.3 Å². The molecule has 3 N–H and O–H groups in total. The van der Waals surface area contributed by atoms with Gasteiger partial charge in [0.1, 0.15) is 0 Å². The topological polar surface area (TPSA) is 95.9 Å². The first-order chi connectivity index (χ1) is 31.5. The minimum Gasteiger partial charge on any atom is -0.466 e. The number of aliphatic hydroxyl groups is 2. The van der Waals surface area contributed by atoms with Crippen LogP contribution in [0.1, 0.15) is 322 Å². The van der Waals surface area contributed by atoms with Crippen LogP contribution in [0.5, 0.6) is 0 Å². The van der Waals surface area contributed by atoms with Crippen molar-refractivity contribution in [1.82, 2.24) is 5.32 Å². The predicted octanol–water partition coefficient (Wildman–Crippen LogP) is 17.7. The van der Waals surface area contributed by atoms with Crippen molar-refractivity contribution in [3.8, 4) is 0 Å². The van der Waals surface area contributed by atoms with E-state index >= 15 is 0 Å². The fraction of sp³-hybridized carbons (Fsp3) is 0.931. The Bertz CT molecular complexity index is 955. The van der Waals surface area contributed by atoms with E-state index in [0.29, 0.717) is 25.9 Å². The van der Waals surface area contributed by atoms with Gasteiger partial charge >= 0.3 is 5.97 Å².